The molecule has 0 radical (unpaired) electrons. The maximum Gasteiger partial charge on any atom is 0.0595 e. The third-order valence-corrected chi connectivity index (χ3v) is 4.86. The van der Waals surface area contributed by atoms with Crippen LogP contribution in [0.25, 0.3) is 0 Å². The van der Waals surface area contributed by atoms with Gasteiger partial charge in [0.25, 0.3) is 0 Å². The number of rotatable bonds is 3. The molecular formula is C17H17Cl2N. The minimum absolute atomic E-state index is 0.185. The number of hydrogen-bond acceptors (Lipinski definition) is 1. The zero-order valence-electron chi connectivity index (χ0n) is 11.4. The molecule has 1 saturated heterocycles. The minimum Gasteiger partial charge on any atom is -0.315 e. The van der Waals surface area contributed by atoms with Gasteiger partial charge >= 0.3 is 0 Å². The lowest BCUT2D eigenvalue weighted by Crippen LogP contribution is -2.58. The van der Waals surface area contributed by atoms with Crippen molar-refractivity contribution in [1.82, 2.24) is 5.32 Å². The standard InChI is InChI=1S/C17H17Cl2N/c1-12-2-5-14(6-3-12)17(10-20-11-17)9-13-4-7-15(18)16(19)8-13/h2-8,20H,9-11H2,1H3. The smallest absolute Gasteiger partial charge is 0.0595 e. The van der Waals surface area contributed by atoms with Crippen LogP contribution in [0, 0.1) is 6.92 Å². The summed E-state index contributed by atoms with van der Waals surface area (Å²) in [7, 11) is 0. The van der Waals surface area contributed by atoms with Crippen LogP contribution in [0.2, 0.25) is 10.0 Å². The number of hydrogen-bond donors (Lipinski definition) is 1. The van der Waals surface area contributed by atoms with Crippen LogP contribution in [-0.4, -0.2) is 13.1 Å². The second-order valence-electron chi connectivity index (χ2n) is 5.68. The third kappa shape index (κ3) is 2.58. The van der Waals surface area contributed by atoms with Gasteiger partial charge in [-0.3, -0.25) is 0 Å². The average Bonchev–Trinajstić information content (AvgIpc) is 2.39. The monoisotopic (exact) mass is 305 g/mol. The van der Waals surface area contributed by atoms with Crippen LogP contribution in [0.15, 0.2) is 42.5 Å². The topological polar surface area (TPSA) is 12.0 Å². The van der Waals surface area contributed by atoms with E-state index < -0.39 is 0 Å². The van der Waals surface area contributed by atoms with Crippen molar-refractivity contribution in [1.29, 1.82) is 0 Å². The Labute approximate surface area is 129 Å². The zero-order chi connectivity index (χ0) is 14.2. The first-order valence-electron chi connectivity index (χ1n) is 6.81. The molecule has 0 amide bonds. The van der Waals surface area contributed by atoms with E-state index in [0.717, 1.165) is 19.5 Å². The molecule has 0 bridgehead atoms. The first kappa shape index (κ1) is 13.9. The molecule has 3 rings (SSSR count). The summed E-state index contributed by atoms with van der Waals surface area (Å²) in [4.78, 5) is 0. The van der Waals surface area contributed by atoms with Crippen LogP contribution >= 0.6 is 23.2 Å². The first-order valence-corrected chi connectivity index (χ1v) is 7.56. The molecule has 3 heteroatoms. The van der Waals surface area contributed by atoms with Gasteiger partial charge in [-0.25, -0.2) is 0 Å². The fraction of sp³-hybridized carbons (Fsp3) is 0.294. The van der Waals surface area contributed by atoms with Gasteiger partial charge in [-0.1, -0.05) is 59.1 Å². The maximum atomic E-state index is 6.12. The Morgan fingerprint density at radius 1 is 1.00 bits per heavy atom. The van der Waals surface area contributed by atoms with Crippen molar-refractivity contribution in [2.24, 2.45) is 0 Å². The molecule has 0 atom stereocenters. The van der Waals surface area contributed by atoms with E-state index in [1.54, 1.807) is 0 Å². The van der Waals surface area contributed by atoms with E-state index in [4.69, 9.17) is 23.2 Å². The molecule has 0 unspecified atom stereocenters. The lowest BCUT2D eigenvalue weighted by Gasteiger charge is -2.43. The summed E-state index contributed by atoms with van der Waals surface area (Å²) in [5, 5.41) is 4.65. The van der Waals surface area contributed by atoms with Gasteiger partial charge < -0.3 is 5.32 Å². The van der Waals surface area contributed by atoms with E-state index in [1.807, 2.05) is 12.1 Å². The molecular weight excluding hydrogens is 289 g/mol. The van der Waals surface area contributed by atoms with Crippen LogP contribution in [-0.2, 0) is 11.8 Å². The first-order chi connectivity index (χ1) is 9.59. The fourth-order valence-corrected chi connectivity index (χ4v) is 3.13. The van der Waals surface area contributed by atoms with Gasteiger partial charge in [-0.15, -0.1) is 0 Å². The van der Waals surface area contributed by atoms with Gasteiger partial charge in [-0.2, -0.15) is 0 Å². The quantitative estimate of drug-likeness (QED) is 0.887. The zero-order valence-corrected chi connectivity index (χ0v) is 12.9. The molecule has 2 aromatic carbocycles. The van der Waals surface area contributed by atoms with Crippen molar-refractivity contribution in [3.05, 3.63) is 69.2 Å². The van der Waals surface area contributed by atoms with E-state index in [-0.39, 0.29) is 5.41 Å². The predicted octanol–water partition coefficient (Wildman–Crippen LogP) is 4.39. The second-order valence-corrected chi connectivity index (χ2v) is 6.49. The SMILES string of the molecule is Cc1ccc(C2(Cc3ccc(Cl)c(Cl)c3)CNC2)cc1. The van der Waals surface area contributed by atoms with Crippen molar-refractivity contribution < 1.29 is 0 Å². The van der Waals surface area contributed by atoms with E-state index in [0.29, 0.717) is 10.0 Å². The molecule has 0 spiro atoms. The van der Waals surface area contributed by atoms with Crippen LogP contribution < -0.4 is 5.32 Å². The van der Waals surface area contributed by atoms with Gasteiger partial charge in [0.05, 0.1) is 10.0 Å². The number of benzene rings is 2. The Morgan fingerprint density at radius 3 is 2.25 bits per heavy atom. The van der Waals surface area contributed by atoms with Gasteiger partial charge in [0.15, 0.2) is 0 Å². The Morgan fingerprint density at radius 2 is 1.70 bits per heavy atom. The van der Waals surface area contributed by atoms with E-state index in [1.165, 1.54) is 16.7 Å². The Kier molecular flexibility index (Phi) is 3.76. The summed E-state index contributed by atoms with van der Waals surface area (Å²) in [6, 6.07) is 14.8. The highest BCUT2D eigenvalue weighted by molar-refractivity contribution is 6.42. The normalized spacial score (nSPS) is 16.8. The lowest BCUT2D eigenvalue weighted by molar-refractivity contribution is 0.274. The summed E-state index contributed by atoms with van der Waals surface area (Å²) in [6.45, 7) is 4.14. The highest BCUT2D eigenvalue weighted by Gasteiger charge is 2.38. The molecule has 1 heterocycles. The van der Waals surface area contributed by atoms with Gasteiger partial charge in [0.2, 0.25) is 0 Å². The Hall–Kier alpha value is -1.02. The third-order valence-electron chi connectivity index (χ3n) is 4.12. The van der Waals surface area contributed by atoms with E-state index in [9.17, 15) is 0 Å². The second kappa shape index (κ2) is 5.40. The van der Waals surface area contributed by atoms with Gasteiger partial charge in [0.1, 0.15) is 0 Å². The molecule has 1 aliphatic rings. The van der Waals surface area contributed by atoms with Crippen LogP contribution in [0.5, 0.6) is 0 Å². The van der Waals surface area contributed by atoms with Crippen LogP contribution in [0.4, 0.5) is 0 Å². The molecule has 1 aliphatic heterocycles. The summed E-state index contributed by atoms with van der Waals surface area (Å²) in [6.07, 6.45) is 0.986. The van der Waals surface area contributed by atoms with Crippen LogP contribution in [0.3, 0.4) is 0 Å². The lowest BCUT2D eigenvalue weighted by atomic mass is 9.71. The van der Waals surface area contributed by atoms with Crippen molar-refractivity contribution in [2.45, 2.75) is 18.8 Å². The molecule has 1 N–H and O–H groups in total. The Balaban J connectivity index is 1.89. The van der Waals surface area contributed by atoms with E-state index >= 15 is 0 Å². The largest absolute Gasteiger partial charge is 0.315 e. The van der Waals surface area contributed by atoms with Crippen LogP contribution in [0.1, 0.15) is 16.7 Å². The number of halogens is 2. The van der Waals surface area contributed by atoms with Crippen molar-refractivity contribution in [2.75, 3.05) is 13.1 Å². The molecule has 1 nitrogen and oxygen atoms in total. The molecule has 2 aromatic rings. The van der Waals surface area contributed by atoms with Crippen molar-refractivity contribution in [3.8, 4) is 0 Å². The minimum atomic E-state index is 0.185. The number of nitrogens with one attached hydrogen (secondary N) is 1. The molecule has 104 valence electrons. The summed E-state index contributed by atoms with van der Waals surface area (Å²) in [5.41, 5.74) is 4.12. The molecule has 0 aromatic heterocycles. The Bertz CT molecular complexity index is 615. The van der Waals surface area contributed by atoms with Crippen molar-refractivity contribution >= 4 is 23.2 Å². The number of aryl methyl sites for hydroxylation is 1. The molecule has 20 heavy (non-hydrogen) atoms. The highest BCUT2D eigenvalue weighted by atomic mass is 35.5. The summed E-state index contributed by atoms with van der Waals surface area (Å²) < 4.78 is 0. The molecule has 0 aliphatic carbocycles. The van der Waals surface area contributed by atoms with Gasteiger partial charge in [0, 0.05) is 18.5 Å². The van der Waals surface area contributed by atoms with Gasteiger partial charge in [-0.05, 0) is 36.6 Å². The molecule has 1 fully saturated rings. The molecule has 0 saturated carbocycles. The predicted molar refractivity (Wildman–Crippen MR) is 85.9 cm³/mol. The van der Waals surface area contributed by atoms with E-state index in [2.05, 4.69) is 42.6 Å². The average molecular weight is 306 g/mol. The fourth-order valence-electron chi connectivity index (χ4n) is 2.81. The summed E-state index contributed by atoms with van der Waals surface area (Å²) in [5.74, 6) is 0. The van der Waals surface area contributed by atoms with Crippen molar-refractivity contribution in [3.63, 3.8) is 0 Å². The maximum absolute atomic E-state index is 6.12. The summed E-state index contributed by atoms with van der Waals surface area (Å²) >= 11 is 12.1. The highest BCUT2D eigenvalue weighted by Crippen LogP contribution is 2.34.